The summed E-state index contributed by atoms with van der Waals surface area (Å²) in [5, 5.41) is 10.9. The summed E-state index contributed by atoms with van der Waals surface area (Å²) in [7, 11) is 1.92. The SMILES string of the molecule is CCNC(=NCCc1cnn(C)c1)NC1CCN(C(=O)CC)C1. The zero-order valence-corrected chi connectivity index (χ0v) is 14.4. The Hall–Kier alpha value is -2.05. The fourth-order valence-electron chi connectivity index (χ4n) is 2.74. The Morgan fingerprint density at radius 2 is 2.30 bits per heavy atom. The number of nitrogens with zero attached hydrogens (tertiary/aromatic N) is 4. The van der Waals surface area contributed by atoms with E-state index in [2.05, 4.69) is 27.6 Å². The molecule has 1 saturated heterocycles. The lowest BCUT2D eigenvalue weighted by Crippen LogP contribution is -2.45. The second kappa shape index (κ2) is 8.55. The second-order valence-corrected chi connectivity index (χ2v) is 5.86. The standard InChI is InChI=1S/C16H28N6O/c1-4-15(23)22-9-7-14(12-22)20-16(17-5-2)18-8-6-13-10-19-21(3)11-13/h10-11,14H,4-9,12H2,1-3H3,(H2,17,18,20). The highest BCUT2D eigenvalue weighted by Gasteiger charge is 2.25. The van der Waals surface area contributed by atoms with E-state index in [1.54, 1.807) is 4.68 Å². The van der Waals surface area contributed by atoms with Gasteiger partial charge in [0.05, 0.1) is 6.20 Å². The Kier molecular flexibility index (Phi) is 6.43. The van der Waals surface area contributed by atoms with Gasteiger partial charge in [0.1, 0.15) is 0 Å². The predicted molar refractivity (Wildman–Crippen MR) is 91.3 cm³/mol. The number of aromatic nitrogens is 2. The van der Waals surface area contributed by atoms with Gasteiger partial charge in [0.25, 0.3) is 0 Å². The van der Waals surface area contributed by atoms with E-state index in [1.165, 1.54) is 5.56 Å². The number of carbonyl (C=O) groups excluding carboxylic acids is 1. The van der Waals surface area contributed by atoms with Gasteiger partial charge < -0.3 is 15.5 Å². The second-order valence-electron chi connectivity index (χ2n) is 5.86. The highest BCUT2D eigenvalue weighted by molar-refractivity contribution is 5.80. The number of carbonyl (C=O) groups is 1. The van der Waals surface area contributed by atoms with Crippen LogP contribution in [0.3, 0.4) is 0 Å². The van der Waals surface area contributed by atoms with Crippen LogP contribution in [0.15, 0.2) is 17.4 Å². The Balaban J connectivity index is 1.83. The van der Waals surface area contributed by atoms with Gasteiger partial charge in [0.2, 0.25) is 5.91 Å². The van der Waals surface area contributed by atoms with Gasteiger partial charge in [-0.1, -0.05) is 6.92 Å². The van der Waals surface area contributed by atoms with Crippen LogP contribution in [-0.4, -0.2) is 58.8 Å². The Morgan fingerprint density at radius 1 is 1.48 bits per heavy atom. The molecule has 1 aromatic rings. The van der Waals surface area contributed by atoms with Crippen LogP contribution in [0.2, 0.25) is 0 Å². The summed E-state index contributed by atoms with van der Waals surface area (Å²) in [5.41, 5.74) is 1.19. The lowest BCUT2D eigenvalue weighted by molar-refractivity contribution is -0.129. The van der Waals surface area contributed by atoms with Gasteiger partial charge >= 0.3 is 0 Å². The number of aryl methyl sites for hydroxylation is 1. The Morgan fingerprint density at radius 3 is 2.96 bits per heavy atom. The minimum atomic E-state index is 0.229. The molecule has 0 saturated carbocycles. The van der Waals surface area contributed by atoms with E-state index >= 15 is 0 Å². The number of aliphatic imine (C=N–C) groups is 1. The molecule has 1 amide bonds. The van der Waals surface area contributed by atoms with Crippen molar-refractivity contribution in [3.8, 4) is 0 Å². The molecule has 7 nitrogen and oxygen atoms in total. The third-order valence-corrected chi connectivity index (χ3v) is 3.96. The molecule has 0 radical (unpaired) electrons. The average Bonchev–Trinajstić information content (AvgIpc) is 3.16. The minimum Gasteiger partial charge on any atom is -0.357 e. The zero-order chi connectivity index (χ0) is 16.7. The van der Waals surface area contributed by atoms with Gasteiger partial charge in [0.15, 0.2) is 5.96 Å². The van der Waals surface area contributed by atoms with E-state index in [0.29, 0.717) is 13.0 Å². The lowest BCUT2D eigenvalue weighted by Gasteiger charge is -2.18. The van der Waals surface area contributed by atoms with Gasteiger partial charge in [0, 0.05) is 51.9 Å². The molecule has 2 N–H and O–H groups in total. The van der Waals surface area contributed by atoms with Crippen LogP contribution in [0, 0.1) is 0 Å². The van der Waals surface area contributed by atoms with E-state index < -0.39 is 0 Å². The van der Waals surface area contributed by atoms with Crippen molar-refractivity contribution >= 4 is 11.9 Å². The molecule has 1 unspecified atom stereocenters. The number of amides is 1. The van der Waals surface area contributed by atoms with Gasteiger partial charge in [-0.15, -0.1) is 0 Å². The number of likely N-dealkylation sites (tertiary alicyclic amines) is 1. The summed E-state index contributed by atoms with van der Waals surface area (Å²) in [6.45, 7) is 7.10. The molecule has 7 heteroatoms. The quantitative estimate of drug-likeness (QED) is 0.592. The van der Waals surface area contributed by atoms with Gasteiger partial charge in [-0.2, -0.15) is 5.10 Å². The van der Waals surface area contributed by atoms with Crippen LogP contribution in [0.4, 0.5) is 0 Å². The summed E-state index contributed by atoms with van der Waals surface area (Å²) in [4.78, 5) is 18.3. The van der Waals surface area contributed by atoms with E-state index in [1.807, 2.05) is 31.3 Å². The van der Waals surface area contributed by atoms with Gasteiger partial charge in [-0.05, 0) is 25.3 Å². The van der Waals surface area contributed by atoms with Crippen LogP contribution in [-0.2, 0) is 18.3 Å². The van der Waals surface area contributed by atoms with E-state index in [4.69, 9.17) is 0 Å². The summed E-state index contributed by atoms with van der Waals surface area (Å²) in [6, 6.07) is 0.279. The van der Waals surface area contributed by atoms with Crippen molar-refractivity contribution in [2.24, 2.45) is 12.0 Å². The Labute approximate surface area is 138 Å². The van der Waals surface area contributed by atoms with Crippen LogP contribution in [0.25, 0.3) is 0 Å². The van der Waals surface area contributed by atoms with Gasteiger partial charge in [-0.25, -0.2) is 0 Å². The number of nitrogens with one attached hydrogen (secondary N) is 2. The van der Waals surface area contributed by atoms with E-state index in [9.17, 15) is 4.79 Å². The summed E-state index contributed by atoms with van der Waals surface area (Å²) in [6.07, 6.45) is 6.31. The van der Waals surface area contributed by atoms with E-state index in [-0.39, 0.29) is 11.9 Å². The minimum absolute atomic E-state index is 0.229. The number of hydrogen-bond donors (Lipinski definition) is 2. The number of hydrogen-bond acceptors (Lipinski definition) is 3. The van der Waals surface area contributed by atoms with Crippen LogP contribution in [0.5, 0.6) is 0 Å². The first-order chi connectivity index (χ1) is 11.1. The molecule has 1 aromatic heterocycles. The molecule has 1 atom stereocenters. The summed E-state index contributed by atoms with van der Waals surface area (Å²) in [5.74, 6) is 1.06. The Bertz CT molecular complexity index is 538. The molecule has 0 bridgehead atoms. The predicted octanol–water partition coefficient (Wildman–Crippen LogP) is 0.529. The molecule has 1 fully saturated rings. The topological polar surface area (TPSA) is 74.6 Å². The van der Waals surface area contributed by atoms with Crippen molar-refractivity contribution in [3.05, 3.63) is 18.0 Å². The lowest BCUT2D eigenvalue weighted by atomic mass is 10.2. The number of rotatable bonds is 6. The summed E-state index contributed by atoms with van der Waals surface area (Å²) < 4.78 is 1.81. The first-order valence-corrected chi connectivity index (χ1v) is 8.42. The maximum Gasteiger partial charge on any atom is 0.222 e. The summed E-state index contributed by atoms with van der Waals surface area (Å²) >= 11 is 0. The smallest absolute Gasteiger partial charge is 0.222 e. The van der Waals surface area contributed by atoms with Gasteiger partial charge in [-0.3, -0.25) is 14.5 Å². The third kappa shape index (κ3) is 5.26. The molecule has 23 heavy (non-hydrogen) atoms. The maximum absolute atomic E-state index is 11.7. The molecule has 2 heterocycles. The van der Waals surface area contributed by atoms with Crippen LogP contribution < -0.4 is 10.6 Å². The molecule has 128 valence electrons. The fourth-order valence-corrected chi connectivity index (χ4v) is 2.74. The zero-order valence-electron chi connectivity index (χ0n) is 14.4. The average molecular weight is 320 g/mol. The third-order valence-electron chi connectivity index (χ3n) is 3.96. The van der Waals surface area contributed by atoms with Crippen molar-refractivity contribution in [1.82, 2.24) is 25.3 Å². The fraction of sp³-hybridized carbons (Fsp3) is 0.688. The number of guanidine groups is 1. The normalized spacial score (nSPS) is 18.3. The van der Waals surface area contributed by atoms with Crippen molar-refractivity contribution < 1.29 is 4.79 Å². The van der Waals surface area contributed by atoms with Crippen molar-refractivity contribution in [3.63, 3.8) is 0 Å². The first-order valence-electron chi connectivity index (χ1n) is 8.42. The van der Waals surface area contributed by atoms with Crippen molar-refractivity contribution in [2.75, 3.05) is 26.2 Å². The van der Waals surface area contributed by atoms with Crippen molar-refractivity contribution in [1.29, 1.82) is 0 Å². The van der Waals surface area contributed by atoms with Crippen LogP contribution in [0.1, 0.15) is 32.3 Å². The molecule has 0 aromatic carbocycles. The molecular weight excluding hydrogens is 292 g/mol. The molecule has 2 rings (SSSR count). The highest BCUT2D eigenvalue weighted by atomic mass is 16.2. The molecule has 0 aliphatic carbocycles. The highest BCUT2D eigenvalue weighted by Crippen LogP contribution is 2.10. The largest absolute Gasteiger partial charge is 0.357 e. The molecule has 0 spiro atoms. The van der Waals surface area contributed by atoms with E-state index in [0.717, 1.165) is 38.4 Å². The molecule has 1 aliphatic rings. The molecule has 1 aliphatic heterocycles. The molecular formula is C16H28N6O. The van der Waals surface area contributed by atoms with Crippen molar-refractivity contribution in [2.45, 2.75) is 39.2 Å². The van der Waals surface area contributed by atoms with Crippen LogP contribution >= 0.6 is 0 Å². The first kappa shape index (κ1) is 17.3. The monoisotopic (exact) mass is 320 g/mol. The maximum atomic E-state index is 11.7.